The molecular weight excluding hydrogens is 290 g/mol. The number of hydrogen-bond acceptors (Lipinski definition) is 3. The van der Waals surface area contributed by atoms with E-state index in [1.807, 2.05) is 0 Å². The van der Waals surface area contributed by atoms with Crippen molar-refractivity contribution >= 4 is 5.97 Å². The SMILES string of the molecule is CCC(=O)Oc1cccc(F)c1COc1ccc(C)c(F)c1. The molecule has 0 amide bonds. The highest BCUT2D eigenvalue weighted by atomic mass is 19.1. The van der Waals surface area contributed by atoms with Gasteiger partial charge in [-0.2, -0.15) is 0 Å². The zero-order valence-electron chi connectivity index (χ0n) is 12.4. The van der Waals surface area contributed by atoms with Crippen LogP contribution in [0.2, 0.25) is 0 Å². The summed E-state index contributed by atoms with van der Waals surface area (Å²) in [4.78, 5) is 11.4. The summed E-state index contributed by atoms with van der Waals surface area (Å²) in [6.07, 6.45) is 0.181. The molecule has 0 radical (unpaired) electrons. The molecule has 5 heteroatoms. The number of aryl methyl sites for hydroxylation is 1. The van der Waals surface area contributed by atoms with Crippen LogP contribution in [0.3, 0.4) is 0 Å². The Hall–Kier alpha value is -2.43. The summed E-state index contributed by atoms with van der Waals surface area (Å²) in [5.74, 6) is -1.02. The number of halogens is 2. The Kier molecular flexibility index (Phi) is 5.09. The summed E-state index contributed by atoms with van der Waals surface area (Å²) < 4.78 is 37.8. The number of esters is 1. The number of benzene rings is 2. The maximum Gasteiger partial charge on any atom is 0.310 e. The molecule has 0 spiro atoms. The predicted octanol–water partition coefficient (Wildman–Crippen LogP) is 4.17. The van der Waals surface area contributed by atoms with E-state index >= 15 is 0 Å². The van der Waals surface area contributed by atoms with E-state index in [0.29, 0.717) is 5.56 Å². The van der Waals surface area contributed by atoms with Crippen molar-refractivity contribution in [2.24, 2.45) is 0 Å². The summed E-state index contributed by atoms with van der Waals surface area (Å²) in [6.45, 7) is 3.12. The van der Waals surface area contributed by atoms with E-state index < -0.39 is 17.6 Å². The lowest BCUT2D eigenvalue weighted by molar-refractivity contribution is -0.134. The summed E-state index contributed by atoms with van der Waals surface area (Å²) in [5, 5.41) is 0. The lowest BCUT2D eigenvalue weighted by Gasteiger charge is -2.12. The normalized spacial score (nSPS) is 10.4. The maximum atomic E-state index is 13.9. The number of carbonyl (C=O) groups excluding carboxylic acids is 1. The maximum absolute atomic E-state index is 13.9. The molecule has 0 aliphatic heterocycles. The molecule has 0 saturated heterocycles. The van der Waals surface area contributed by atoms with Gasteiger partial charge in [0.2, 0.25) is 0 Å². The van der Waals surface area contributed by atoms with Crippen LogP contribution in [0.1, 0.15) is 24.5 Å². The molecule has 0 atom stereocenters. The average molecular weight is 306 g/mol. The van der Waals surface area contributed by atoms with E-state index in [-0.39, 0.29) is 30.1 Å². The number of ether oxygens (including phenoxy) is 2. The standard InChI is InChI=1S/C17H16F2O3/c1-3-17(20)22-16-6-4-5-14(18)13(16)10-21-12-8-7-11(2)15(19)9-12/h4-9H,3,10H2,1-2H3. The molecule has 0 N–H and O–H groups in total. The molecule has 116 valence electrons. The summed E-state index contributed by atoms with van der Waals surface area (Å²) in [7, 11) is 0. The molecule has 0 saturated carbocycles. The smallest absolute Gasteiger partial charge is 0.310 e. The fourth-order valence-corrected chi connectivity index (χ4v) is 1.79. The summed E-state index contributed by atoms with van der Waals surface area (Å²) in [6, 6.07) is 8.58. The Balaban J connectivity index is 2.17. The van der Waals surface area contributed by atoms with E-state index in [2.05, 4.69) is 0 Å². The van der Waals surface area contributed by atoms with Gasteiger partial charge in [0.1, 0.15) is 29.7 Å². The van der Waals surface area contributed by atoms with E-state index in [0.717, 1.165) is 0 Å². The summed E-state index contributed by atoms with van der Waals surface area (Å²) in [5.41, 5.74) is 0.612. The quantitative estimate of drug-likeness (QED) is 0.614. The van der Waals surface area contributed by atoms with Crippen LogP contribution in [-0.4, -0.2) is 5.97 Å². The number of hydrogen-bond donors (Lipinski definition) is 0. The molecule has 22 heavy (non-hydrogen) atoms. The fraction of sp³-hybridized carbons (Fsp3) is 0.235. The third-order valence-corrected chi connectivity index (χ3v) is 3.11. The van der Waals surface area contributed by atoms with Crippen LogP contribution in [0, 0.1) is 18.6 Å². The van der Waals surface area contributed by atoms with Gasteiger partial charge in [0.05, 0.1) is 5.56 Å². The van der Waals surface area contributed by atoms with Gasteiger partial charge in [-0.15, -0.1) is 0 Å². The zero-order valence-corrected chi connectivity index (χ0v) is 12.4. The minimum atomic E-state index is -0.547. The lowest BCUT2D eigenvalue weighted by atomic mass is 10.2. The second-order valence-corrected chi connectivity index (χ2v) is 4.74. The monoisotopic (exact) mass is 306 g/mol. The highest BCUT2D eigenvalue weighted by Crippen LogP contribution is 2.25. The first-order chi connectivity index (χ1) is 10.5. The topological polar surface area (TPSA) is 35.5 Å². The van der Waals surface area contributed by atoms with Crippen molar-refractivity contribution in [1.82, 2.24) is 0 Å². The van der Waals surface area contributed by atoms with E-state index in [1.165, 1.54) is 24.3 Å². The van der Waals surface area contributed by atoms with Crippen LogP contribution in [0.4, 0.5) is 8.78 Å². The van der Waals surface area contributed by atoms with Crippen LogP contribution < -0.4 is 9.47 Å². The molecule has 2 aromatic carbocycles. The molecule has 0 unspecified atom stereocenters. The zero-order chi connectivity index (χ0) is 16.1. The molecule has 0 fully saturated rings. The third-order valence-electron chi connectivity index (χ3n) is 3.11. The van der Waals surface area contributed by atoms with Gasteiger partial charge in [-0.05, 0) is 30.7 Å². The van der Waals surface area contributed by atoms with Gasteiger partial charge < -0.3 is 9.47 Å². The van der Waals surface area contributed by atoms with Gasteiger partial charge in [-0.3, -0.25) is 4.79 Å². The molecule has 0 heterocycles. The highest BCUT2D eigenvalue weighted by Gasteiger charge is 2.13. The Bertz CT molecular complexity index is 684. The molecule has 0 aliphatic carbocycles. The predicted molar refractivity (Wildman–Crippen MR) is 77.8 cm³/mol. The lowest BCUT2D eigenvalue weighted by Crippen LogP contribution is -2.09. The van der Waals surface area contributed by atoms with Gasteiger partial charge in [-0.25, -0.2) is 8.78 Å². The van der Waals surface area contributed by atoms with Crippen molar-refractivity contribution in [1.29, 1.82) is 0 Å². The van der Waals surface area contributed by atoms with Crippen LogP contribution in [0.15, 0.2) is 36.4 Å². The Labute approximate surface area is 127 Å². The van der Waals surface area contributed by atoms with Crippen molar-refractivity contribution in [3.63, 3.8) is 0 Å². The largest absolute Gasteiger partial charge is 0.489 e. The van der Waals surface area contributed by atoms with Crippen LogP contribution in [0.25, 0.3) is 0 Å². The van der Waals surface area contributed by atoms with Gasteiger partial charge in [0, 0.05) is 12.5 Å². The average Bonchev–Trinajstić information content (AvgIpc) is 2.50. The van der Waals surface area contributed by atoms with Crippen LogP contribution >= 0.6 is 0 Å². The Morgan fingerprint density at radius 3 is 2.59 bits per heavy atom. The van der Waals surface area contributed by atoms with Gasteiger partial charge in [0.15, 0.2) is 0 Å². The molecule has 2 rings (SSSR count). The molecular formula is C17H16F2O3. The second kappa shape index (κ2) is 7.02. The molecule has 0 aliphatic rings. The minimum Gasteiger partial charge on any atom is -0.489 e. The summed E-state index contributed by atoms with van der Waals surface area (Å²) >= 11 is 0. The van der Waals surface area contributed by atoms with E-state index in [9.17, 15) is 13.6 Å². The van der Waals surface area contributed by atoms with Gasteiger partial charge in [-0.1, -0.05) is 19.1 Å². The van der Waals surface area contributed by atoms with Crippen molar-refractivity contribution < 1.29 is 23.0 Å². The molecule has 0 aromatic heterocycles. The first kappa shape index (κ1) is 15.9. The Morgan fingerprint density at radius 1 is 1.14 bits per heavy atom. The van der Waals surface area contributed by atoms with E-state index in [4.69, 9.17) is 9.47 Å². The molecule has 2 aromatic rings. The third kappa shape index (κ3) is 3.81. The van der Waals surface area contributed by atoms with Crippen molar-refractivity contribution in [3.05, 3.63) is 59.2 Å². The Morgan fingerprint density at radius 2 is 1.91 bits per heavy atom. The fourth-order valence-electron chi connectivity index (χ4n) is 1.79. The van der Waals surface area contributed by atoms with Gasteiger partial charge in [0.25, 0.3) is 0 Å². The minimum absolute atomic E-state index is 0.111. The van der Waals surface area contributed by atoms with Crippen LogP contribution in [-0.2, 0) is 11.4 Å². The number of rotatable bonds is 5. The first-order valence-electron chi connectivity index (χ1n) is 6.88. The number of carbonyl (C=O) groups is 1. The van der Waals surface area contributed by atoms with Crippen LogP contribution in [0.5, 0.6) is 11.5 Å². The van der Waals surface area contributed by atoms with Crippen molar-refractivity contribution in [2.75, 3.05) is 0 Å². The molecule has 3 nitrogen and oxygen atoms in total. The second-order valence-electron chi connectivity index (χ2n) is 4.74. The van der Waals surface area contributed by atoms with Crippen molar-refractivity contribution in [3.8, 4) is 11.5 Å². The molecule has 0 bridgehead atoms. The van der Waals surface area contributed by atoms with E-state index in [1.54, 1.807) is 26.0 Å². The van der Waals surface area contributed by atoms with Crippen molar-refractivity contribution in [2.45, 2.75) is 26.9 Å². The highest BCUT2D eigenvalue weighted by molar-refractivity contribution is 5.72. The first-order valence-corrected chi connectivity index (χ1v) is 6.88. The van der Waals surface area contributed by atoms with Gasteiger partial charge >= 0.3 is 5.97 Å².